The Morgan fingerprint density at radius 1 is 1.07 bits per heavy atom. The molecule has 0 unspecified atom stereocenters. The molecule has 0 radical (unpaired) electrons. The smallest absolute Gasteiger partial charge is 0.273 e. The molecule has 0 fully saturated rings. The minimum atomic E-state index is -0.348. The summed E-state index contributed by atoms with van der Waals surface area (Å²) in [6.45, 7) is 5.81. The largest absolute Gasteiger partial charge is 0.491 e. The molecule has 7 nitrogen and oxygen atoms in total. The number of aryl methyl sites for hydroxylation is 1. The minimum absolute atomic E-state index is 0.0449. The van der Waals surface area contributed by atoms with Crippen molar-refractivity contribution in [1.29, 1.82) is 0 Å². The van der Waals surface area contributed by atoms with Crippen LogP contribution in [0.15, 0.2) is 59.4 Å². The SMILES string of the molecule is CC(C)Oc1cccc(-c2nnc(CCC(=O)N[C@@H](C)c3ccccc3)c(=O)[nH]2)c1. The molecule has 0 spiro atoms. The van der Waals surface area contributed by atoms with Crippen LogP contribution in [0.2, 0.25) is 0 Å². The van der Waals surface area contributed by atoms with Crippen molar-refractivity contribution < 1.29 is 9.53 Å². The highest BCUT2D eigenvalue weighted by Crippen LogP contribution is 2.20. The predicted octanol–water partition coefficient (Wildman–Crippen LogP) is 3.43. The number of aromatic nitrogens is 3. The van der Waals surface area contributed by atoms with Crippen LogP contribution in [0.3, 0.4) is 0 Å². The van der Waals surface area contributed by atoms with Crippen molar-refractivity contribution in [2.45, 2.75) is 45.8 Å². The van der Waals surface area contributed by atoms with E-state index in [0.717, 1.165) is 5.56 Å². The van der Waals surface area contributed by atoms with E-state index in [2.05, 4.69) is 20.5 Å². The number of nitrogens with zero attached hydrogens (tertiary/aromatic N) is 2. The van der Waals surface area contributed by atoms with Gasteiger partial charge in [-0.15, -0.1) is 10.2 Å². The predicted molar refractivity (Wildman–Crippen MR) is 115 cm³/mol. The molecule has 0 aliphatic rings. The van der Waals surface area contributed by atoms with Crippen LogP contribution in [0, 0.1) is 0 Å². The lowest BCUT2D eigenvalue weighted by atomic mass is 10.1. The summed E-state index contributed by atoms with van der Waals surface area (Å²) in [5, 5.41) is 11.1. The molecule has 0 saturated carbocycles. The van der Waals surface area contributed by atoms with Gasteiger partial charge in [-0.25, -0.2) is 0 Å². The van der Waals surface area contributed by atoms with E-state index in [4.69, 9.17) is 4.74 Å². The quantitative estimate of drug-likeness (QED) is 0.597. The molecule has 0 aliphatic heterocycles. The first-order valence-electron chi connectivity index (χ1n) is 9.99. The zero-order valence-electron chi connectivity index (χ0n) is 17.4. The highest BCUT2D eigenvalue weighted by Gasteiger charge is 2.12. The van der Waals surface area contributed by atoms with Crippen LogP contribution in [-0.2, 0) is 11.2 Å². The fraction of sp³-hybridized carbons (Fsp3) is 0.304. The van der Waals surface area contributed by atoms with E-state index in [1.807, 2.05) is 69.3 Å². The highest BCUT2D eigenvalue weighted by atomic mass is 16.5. The van der Waals surface area contributed by atoms with Gasteiger partial charge in [-0.3, -0.25) is 9.59 Å². The van der Waals surface area contributed by atoms with Crippen LogP contribution in [-0.4, -0.2) is 27.2 Å². The summed E-state index contributed by atoms with van der Waals surface area (Å²) in [5.41, 5.74) is 1.62. The summed E-state index contributed by atoms with van der Waals surface area (Å²) >= 11 is 0. The molecule has 7 heteroatoms. The Hall–Kier alpha value is -3.48. The number of nitrogens with one attached hydrogen (secondary N) is 2. The summed E-state index contributed by atoms with van der Waals surface area (Å²) in [4.78, 5) is 27.4. The third-order valence-electron chi connectivity index (χ3n) is 4.51. The molecule has 2 aromatic carbocycles. The van der Waals surface area contributed by atoms with Gasteiger partial charge in [0.05, 0.1) is 12.1 Å². The monoisotopic (exact) mass is 406 g/mol. The second kappa shape index (κ2) is 9.82. The Labute approximate surface area is 175 Å². The normalized spacial score (nSPS) is 11.9. The molecule has 0 bridgehead atoms. The number of H-pyrrole nitrogens is 1. The lowest BCUT2D eigenvalue weighted by Gasteiger charge is -2.14. The maximum absolute atomic E-state index is 12.4. The summed E-state index contributed by atoms with van der Waals surface area (Å²) in [5.74, 6) is 0.911. The number of carbonyl (C=O) groups excluding carboxylic acids is 1. The van der Waals surface area contributed by atoms with E-state index in [9.17, 15) is 9.59 Å². The van der Waals surface area contributed by atoms with Crippen molar-refractivity contribution in [3.8, 4) is 17.1 Å². The van der Waals surface area contributed by atoms with E-state index >= 15 is 0 Å². The molecule has 1 aromatic heterocycles. The van der Waals surface area contributed by atoms with Crippen molar-refractivity contribution >= 4 is 5.91 Å². The molecule has 2 N–H and O–H groups in total. The first kappa shape index (κ1) is 21.2. The second-order valence-electron chi connectivity index (χ2n) is 7.34. The molecule has 30 heavy (non-hydrogen) atoms. The van der Waals surface area contributed by atoms with Gasteiger partial charge in [-0.2, -0.15) is 0 Å². The fourth-order valence-corrected chi connectivity index (χ4v) is 3.01. The Kier molecular flexibility index (Phi) is 6.95. The zero-order valence-corrected chi connectivity index (χ0v) is 17.4. The summed E-state index contributed by atoms with van der Waals surface area (Å²) in [7, 11) is 0. The molecule has 3 aromatic rings. The van der Waals surface area contributed by atoms with Crippen molar-refractivity contribution in [2.24, 2.45) is 0 Å². The number of ether oxygens (including phenoxy) is 1. The molecular weight excluding hydrogens is 380 g/mol. The lowest BCUT2D eigenvalue weighted by Crippen LogP contribution is -2.28. The van der Waals surface area contributed by atoms with E-state index < -0.39 is 0 Å². The maximum atomic E-state index is 12.4. The molecule has 0 saturated heterocycles. The van der Waals surface area contributed by atoms with Gasteiger partial charge in [-0.1, -0.05) is 42.5 Å². The molecule has 3 rings (SSSR count). The number of aromatic amines is 1. The van der Waals surface area contributed by atoms with Crippen LogP contribution in [0.1, 0.15) is 44.5 Å². The lowest BCUT2D eigenvalue weighted by molar-refractivity contribution is -0.121. The average molecular weight is 406 g/mol. The highest BCUT2D eigenvalue weighted by molar-refractivity contribution is 5.76. The van der Waals surface area contributed by atoms with Crippen LogP contribution >= 0.6 is 0 Å². The van der Waals surface area contributed by atoms with Crippen LogP contribution in [0.4, 0.5) is 0 Å². The van der Waals surface area contributed by atoms with E-state index in [0.29, 0.717) is 17.1 Å². The third-order valence-corrected chi connectivity index (χ3v) is 4.51. The molecule has 1 heterocycles. The van der Waals surface area contributed by atoms with Gasteiger partial charge in [0.25, 0.3) is 5.56 Å². The second-order valence-corrected chi connectivity index (χ2v) is 7.34. The van der Waals surface area contributed by atoms with Gasteiger partial charge < -0.3 is 15.0 Å². The maximum Gasteiger partial charge on any atom is 0.273 e. The number of amides is 1. The van der Waals surface area contributed by atoms with Crippen molar-refractivity contribution in [3.05, 3.63) is 76.2 Å². The standard InChI is InChI=1S/C23H26N4O3/c1-15(2)30-19-11-7-10-18(14-19)22-25-23(29)20(26-27-22)12-13-21(28)24-16(3)17-8-5-4-6-9-17/h4-11,14-16H,12-13H2,1-3H3,(H,24,28)(H,25,27,29)/t16-/m0/s1. The Balaban J connectivity index is 1.62. The first-order valence-corrected chi connectivity index (χ1v) is 9.99. The van der Waals surface area contributed by atoms with Crippen molar-refractivity contribution in [1.82, 2.24) is 20.5 Å². The van der Waals surface area contributed by atoms with Crippen molar-refractivity contribution in [2.75, 3.05) is 0 Å². The fourth-order valence-electron chi connectivity index (χ4n) is 3.01. The molecule has 1 atom stereocenters. The topological polar surface area (TPSA) is 97.0 Å². The summed E-state index contributed by atoms with van der Waals surface area (Å²) < 4.78 is 5.67. The van der Waals surface area contributed by atoms with Gasteiger partial charge in [0.2, 0.25) is 5.91 Å². The summed E-state index contributed by atoms with van der Waals surface area (Å²) in [6, 6.07) is 16.9. The van der Waals surface area contributed by atoms with E-state index in [1.165, 1.54) is 0 Å². The number of hydrogen-bond donors (Lipinski definition) is 2. The average Bonchev–Trinajstić information content (AvgIpc) is 2.73. The third kappa shape index (κ3) is 5.76. The van der Waals surface area contributed by atoms with Gasteiger partial charge >= 0.3 is 0 Å². The molecular formula is C23H26N4O3. The van der Waals surface area contributed by atoms with Gasteiger partial charge in [0.1, 0.15) is 11.4 Å². The summed E-state index contributed by atoms with van der Waals surface area (Å²) in [6.07, 6.45) is 0.418. The molecule has 156 valence electrons. The van der Waals surface area contributed by atoms with Crippen LogP contribution in [0.5, 0.6) is 5.75 Å². The minimum Gasteiger partial charge on any atom is -0.491 e. The number of hydrogen-bond acceptors (Lipinski definition) is 5. The van der Waals surface area contributed by atoms with E-state index in [1.54, 1.807) is 6.07 Å². The number of rotatable bonds is 8. The number of benzene rings is 2. The Bertz CT molecular complexity index is 1050. The van der Waals surface area contributed by atoms with Gasteiger partial charge in [0, 0.05) is 18.4 Å². The number of carbonyl (C=O) groups is 1. The zero-order chi connectivity index (χ0) is 21.5. The van der Waals surface area contributed by atoms with Crippen LogP contribution in [0.25, 0.3) is 11.4 Å². The van der Waals surface area contributed by atoms with Crippen molar-refractivity contribution in [3.63, 3.8) is 0 Å². The first-order chi connectivity index (χ1) is 14.4. The van der Waals surface area contributed by atoms with Crippen LogP contribution < -0.4 is 15.6 Å². The Morgan fingerprint density at radius 3 is 2.53 bits per heavy atom. The Morgan fingerprint density at radius 2 is 1.83 bits per heavy atom. The molecule has 1 amide bonds. The van der Waals surface area contributed by atoms with Gasteiger partial charge in [0.15, 0.2) is 5.82 Å². The molecule has 0 aliphatic carbocycles. The van der Waals surface area contributed by atoms with E-state index in [-0.39, 0.29) is 42.1 Å². The van der Waals surface area contributed by atoms with Gasteiger partial charge in [-0.05, 0) is 38.5 Å².